The van der Waals surface area contributed by atoms with Gasteiger partial charge in [0.1, 0.15) is 36.3 Å². The number of aliphatic hydroxyl groups is 1. The quantitative estimate of drug-likeness (QED) is 0.0581. The van der Waals surface area contributed by atoms with E-state index in [2.05, 4.69) is 21.3 Å². The zero-order valence-corrected chi connectivity index (χ0v) is 30.3. The Kier molecular flexibility index (Phi) is 17.5. The molecule has 0 bridgehead atoms. The van der Waals surface area contributed by atoms with Crippen molar-refractivity contribution in [3.05, 3.63) is 35.9 Å². The molecule has 20 heteroatoms. The van der Waals surface area contributed by atoms with Crippen LogP contribution in [0, 0.1) is 5.92 Å². The molecule has 20 nitrogen and oxygen atoms in total. The summed E-state index contributed by atoms with van der Waals surface area (Å²) in [6.45, 7) is 3.95. The molecule has 1 aliphatic rings. The minimum atomic E-state index is -1.86. The number of carbonyl (C=O) groups is 9. The zero-order valence-electron chi connectivity index (χ0n) is 30.3. The van der Waals surface area contributed by atoms with E-state index >= 15 is 0 Å². The van der Waals surface area contributed by atoms with Crippen molar-refractivity contribution in [3.63, 3.8) is 0 Å². The normalized spacial score (nSPS) is 17.1. The highest BCUT2D eigenvalue weighted by molar-refractivity contribution is 5.98. The molecule has 54 heavy (non-hydrogen) atoms. The standard InChI is InChI=1S/C34H50N8O12/c1-17(2)12-20(29(48)41-24(16-43)31(50)40-23(34(53)54)15-27(45)46)37-30(49)21(13-19-8-5-4-6-9-19)38-32(51)25-10-7-11-42(25)33(52)22(14-26(36)44)39-28(47)18(3)35/h4-6,8-9,17-18,20-25,43H,7,10-16,35H2,1-3H3,(H2,36,44)(H,37,49)(H,38,51)(H,39,47)(H,40,50)(H,41,48)(H,45,46)(H,53,54)/t18-,20-,21-,22-,23-,24-,25-/m0/s1. The third-order valence-electron chi connectivity index (χ3n) is 8.34. The van der Waals surface area contributed by atoms with Crippen LogP contribution in [0.15, 0.2) is 30.3 Å². The summed E-state index contributed by atoms with van der Waals surface area (Å²) < 4.78 is 0. The molecule has 1 saturated heterocycles. The maximum Gasteiger partial charge on any atom is 0.326 e. The maximum atomic E-state index is 13.9. The molecule has 1 aromatic carbocycles. The molecule has 0 radical (unpaired) electrons. The number of aliphatic hydroxyl groups excluding tert-OH is 1. The third-order valence-corrected chi connectivity index (χ3v) is 8.34. The first-order chi connectivity index (χ1) is 25.3. The topological polar surface area (TPSA) is 330 Å². The van der Waals surface area contributed by atoms with Crippen LogP contribution in [0.1, 0.15) is 58.4 Å². The van der Waals surface area contributed by atoms with Gasteiger partial charge in [-0.15, -0.1) is 0 Å². The van der Waals surface area contributed by atoms with Gasteiger partial charge >= 0.3 is 11.9 Å². The lowest BCUT2D eigenvalue weighted by atomic mass is 10.0. The number of primary amides is 1. The number of likely N-dealkylation sites (tertiary alicyclic amines) is 1. The predicted octanol–water partition coefficient (Wildman–Crippen LogP) is -3.54. The first kappa shape index (κ1) is 44.5. The molecular formula is C34H50N8O12. The molecule has 0 aromatic heterocycles. The fourth-order valence-corrected chi connectivity index (χ4v) is 5.62. The summed E-state index contributed by atoms with van der Waals surface area (Å²) in [5.74, 6) is -9.43. The van der Waals surface area contributed by atoms with E-state index in [4.69, 9.17) is 16.6 Å². The summed E-state index contributed by atoms with van der Waals surface area (Å²) in [6, 6.07) is -1.20. The lowest BCUT2D eigenvalue weighted by molar-refractivity contribution is -0.147. The lowest BCUT2D eigenvalue weighted by Crippen LogP contribution is -2.60. The number of rotatable bonds is 21. The highest BCUT2D eigenvalue weighted by Crippen LogP contribution is 2.20. The second-order valence-electron chi connectivity index (χ2n) is 13.4. The number of carbonyl (C=O) groups excluding carboxylic acids is 7. The monoisotopic (exact) mass is 762 g/mol. The van der Waals surface area contributed by atoms with Crippen LogP contribution in [-0.2, 0) is 49.6 Å². The van der Waals surface area contributed by atoms with Gasteiger partial charge in [0, 0.05) is 13.0 Å². The lowest BCUT2D eigenvalue weighted by Gasteiger charge is -2.30. The third kappa shape index (κ3) is 14.1. The summed E-state index contributed by atoms with van der Waals surface area (Å²) >= 11 is 0. The van der Waals surface area contributed by atoms with Gasteiger partial charge in [-0.2, -0.15) is 0 Å². The Hall–Kier alpha value is -5.63. The van der Waals surface area contributed by atoms with Gasteiger partial charge in [0.05, 0.1) is 25.5 Å². The molecule has 12 N–H and O–H groups in total. The summed E-state index contributed by atoms with van der Waals surface area (Å²) in [5.41, 5.74) is 11.5. The molecular weight excluding hydrogens is 712 g/mol. The number of nitrogens with two attached hydrogens (primary N) is 2. The van der Waals surface area contributed by atoms with Crippen LogP contribution in [0.5, 0.6) is 0 Å². The van der Waals surface area contributed by atoms with Crippen LogP contribution in [0.3, 0.4) is 0 Å². The van der Waals surface area contributed by atoms with Crippen molar-refractivity contribution in [1.29, 1.82) is 0 Å². The van der Waals surface area contributed by atoms with Gasteiger partial charge in [-0.3, -0.25) is 38.4 Å². The summed E-state index contributed by atoms with van der Waals surface area (Å²) in [6.07, 6.45) is -1.02. The number of hydrogen-bond donors (Lipinski definition) is 10. The molecule has 1 fully saturated rings. The van der Waals surface area contributed by atoms with E-state index in [1.807, 2.05) is 5.32 Å². The molecule has 7 amide bonds. The number of nitrogens with one attached hydrogen (secondary N) is 5. The minimum Gasteiger partial charge on any atom is -0.481 e. The van der Waals surface area contributed by atoms with Crippen molar-refractivity contribution in [2.45, 2.75) is 102 Å². The molecule has 298 valence electrons. The molecule has 2 rings (SSSR count). The van der Waals surface area contributed by atoms with E-state index < -0.39 is 115 Å². The van der Waals surface area contributed by atoms with Crippen molar-refractivity contribution in [3.8, 4) is 0 Å². The average Bonchev–Trinajstić information content (AvgIpc) is 3.59. The largest absolute Gasteiger partial charge is 0.481 e. The van der Waals surface area contributed by atoms with Crippen LogP contribution >= 0.6 is 0 Å². The number of carboxylic acid groups (broad SMARTS) is 2. The molecule has 7 atom stereocenters. The first-order valence-corrected chi connectivity index (χ1v) is 17.3. The Morgan fingerprint density at radius 3 is 1.85 bits per heavy atom. The highest BCUT2D eigenvalue weighted by Gasteiger charge is 2.40. The fraction of sp³-hybridized carbons (Fsp3) is 0.559. The molecule has 1 aromatic rings. The van der Waals surface area contributed by atoms with Crippen molar-refractivity contribution in [1.82, 2.24) is 31.5 Å². The maximum absolute atomic E-state index is 13.9. The zero-order chi connectivity index (χ0) is 40.7. The molecule has 0 unspecified atom stereocenters. The number of amides is 7. The van der Waals surface area contributed by atoms with Gasteiger partial charge in [-0.25, -0.2) is 4.79 Å². The Morgan fingerprint density at radius 2 is 1.31 bits per heavy atom. The number of hydrogen-bond acceptors (Lipinski definition) is 11. The molecule has 1 heterocycles. The Bertz CT molecular complexity index is 1540. The second kappa shape index (κ2) is 21.2. The van der Waals surface area contributed by atoms with Crippen molar-refractivity contribution in [2.24, 2.45) is 17.4 Å². The van der Waals surface area contributed by atoms with Gasteiger partial charge in [0.2, 0.25) is 41.4 Å². The van der Waals surface area contributed by atoms with Gasteiger partial charge in [0.25, 0.3) is 0 Å². The number of carboxylic acids is 2. The summed E-state index contributed by atoms with van der Waals surface area (Å²) in [7, 11) is 0. The number of benzene rings is 1. The van der Waals surface area contributed by atoms with E-state index in [0.29, 0.717) is 12.0 Å². The number of aliphatic carboxylic acids is 2. The van der Waals surface area contributed by atoms with E-state index in [1.54, 1.807) is 44.2 Å². The van der Waals surface area contributed by atoms with Crippen LogP contribution in [0.2, 0.25) is 0 Å². The van der Waals surface area contributed by atoms with E-state index in [0.717, 1.165) is 0 Å². The Labute approximate surface area is 311 Å². The van der Waals surface area contributed by atoms with E-state index in [-0.39, 0.29) is 31.7 Å². The number of nitrogens with zero attached hydrogens (tertiary/aromatic N) is 1. The first-order valence-electron chi connectivity index (χ1n) is 17.3. The average molecular weight is 763 g/mol. The molecule has 1 aliphatic heterocycles. The van der Waals surface area contributed by atoms with Crippen LogP contribution in [0.25, 0.3) is 0 Å². The summed E-state index contributed by atoms with van der Waals surface area (Å²) in [4.78, 5) is 115. The Balaban J connectivity index is 2.32. The van der Waals surface area contributed by atoms with Crippen LogP contribution < -0.4 is 38.1 Å². The minimum absolute atomic E-state index is 0.0133. The van der Waals surface area contributed by atoms with Gasteiger partial charge in [-0.1, -0.05) is 44.2 Å². The SMILES string of the molecule is CC(C)C[C@H](NC(=O)[C@H](Cc1ccccc1)NC(=O)[C@@H]1CCCN1C(=O)[C@H](CC(N)=O)NC(=O)[C@H](C)N)C(=O)N[C@@H](CO)C(=O)N[C@@H](CC(=O)O)C(=O)O. The van der Waals surface area contributed by atoms with E-state index in [9.17, 15) is 53.4 Å². The Morgan fingerprint density at radius 1 is 0.759 bits per heavy atom. The second-order valence-corrected chi connectivity index (χ2v) is 13.4. The van der Waals surface area contributed by atoms with Crippen LogP contribution in [-0.4, -0.2) is 129 Å². The van der Waals surface area contributed by atoms with Gasteiger partial charge in [-0.05, 0) is 37.7 Å². The molecule has 0 spiro atoms. The molecule has 0 saturated carbocycles. The van der Waals surface area contributed by atoms with Crippen molar-refractivity contribution < 1.29 is 58.5 Å². The van der Waals surface area contributed by atoms with E-state index in [1.165, 1.54) is 11.8 Å². The van der Waals surface area contributed by atoms with Crippen molar-refractivity contribution >= 4 is 53.3 Å². The predicted molar refractivity (Wildman–Crippen MR) is 188 cm³/mol. The smallest absolute Gasteiger partial charge is 0.326 e. The van der Waals surface area contributed by atoms with Gasteiger partial charge < -0.3 is 58.3 Å². The molecule has 0 aliphatic carbocycles. The van der Waals surface area contributed by atoms with Gasteiger partial charge in [0.15, 0.2) is 0 Å². The van der Waals surface area contributed by atoms with Crippen molar-refractivity contribution in [2.75, 3.05) is 13.2 Å². The van der Waals surface area contributed by atoms with Crippen LogP contribution in [0.4, 0.5) is 0 Å². The summed E-state index contributed by atoms with van der Waals surface area (Å²) in [5, 5.41) is 39.9. The highest BCUT2D eigenvalue weighted by atomic mass is 16.4. The fourth-order valence-electron chi connectivity index (χ4n) is 5.62.